The molecule has 3 amide bonds. The molecule has 0 saturated carbocycles. The number of amides is 3. The third kappa shape index (κ3) is 4.05. The van der Waals surface area contributed by atoms with Crippen molar-refractivity contribution < 1.29 is 14.0 Å². The highest BCUT2D eigenvalue weighted by atomic mass is 19.1. The molecule has 0 bridgehead atoms. The highest BCUT2D eigenvalue weighted by Gasteiger charge is 2.34. The van der Waals surface area contributed by atoms with Gasteiger partial charge in [-0.3, -0.25) is 19.6 Å². The minimum atomic E-state index is -0.614. The fourth-order valence-corrected chi connectivity index (χ4v) is 3.52. The van der Waals surface area contributed by atoms with Crippen molar-refractivity contribution >= 4 is 18.0 Å². The summed E-state index contributed by atoms with van der Waals surface area (Å²) in [7, 11) is 0. The molecule has 0 unspecified atom stereocenters. The third-order valence-electron chi connectivity index (χ3n) is 5.00. The van der Waals surface area contributed by atoms with Crippen molar-refractivity contribution in [2.75, 3.05) is 0 Å². The van der Waals surface area contributed by atoms with Crippen molar-refractivity contribution in [3.63, 3.8) is 0 Å². The number of aryl methyl sites for hydroxylation is 1. The Balaban J connectivity index is 1.68. The summed E-state index contributed by atoms with van der Waals surface area (Å²) in [6.07, 6.45) is 2.80. The Kier molecular flexibility index (Phi) is 5.53. The van der Waals surface area contributed by atoms with E-state index in [0.29, 0.717) is 28.9 Å². The first-order valence-corrected chi connectivity index (χ1v) is 9.96. The lowest BCUT2D eigenvalue weighted by Gasteiger charge is -2.11. The lowest BCUT2D eigenvalue weighted by Crippen LogP contribution is -2.30. The van der Waals surface area contributed by atoms with Crippen molar-refractivity contribution in [3.05, 3.63) is 93.3 Å². The van der Waals surface area contributed by atoms with Gasteiger partial charge in [0.15, 0.2) is 0 Å². The van der Waals surface area contributed by atoms with Crippen LogP contribution in [-0.2, 0) is 17.8 Å². The molecule has 1 aromatic heterocycles. The normalized spacial score (nSPS) is 15.0. The molecule has 1 aliphatic heterocycles. The summed E-state index contributed by atoms with van der Waals surface area (Å²) >= 11 is 0. The molecular weight excluding hydrogens is 399 g/mol. The minimum Gasteiger partial charge on any atom is -0.303 e. The van der Waals surface area contributed by atoms with Crippen LogP contribution in [0.3, 0.4) is 0 Å². The Labute approximate surface area is 177 Å². The average Bonchev–Trinajstić information content (AvgIpc) is 3.20. The number of nitrogens with zero attached hydrogens (tertiary/aromatic N) is 2. The molecule has 0 radical (unpaired) electrons. The maximum Gasteiger partial charge on any atom is 0.329 e. The smallest absolute Gasteiger partial charge is 0.303 e. The number of rotatable bonds is 6. The molecule has 2 N–H and O–H groups in total. The van der Waals surface area contributed by atoms with Crippen LogP contribution in [0.2, 0.25) is 0 Å². The molecule has 1 fully saturated rings. The lowest BCUT2D eigenvalue weighted by molar-refractivity contribution is -0.123. The van der Waals surface area contributed by atoms with Crippen LogP contribution >= 0.6 is 0 Å². The zero-order valence-corrected chi connectivity index (χ0v) is 16.9. The number of imide groups is 1. The highest BCUT2D eigenvalue weighted by Crippen LogP contribution is 2.19. The van der Waals surface area contributed by atoms with Gasteiger partial charge in [-0.25, -0.2) is 13.9 Å². The number of benzene rings is 2. The summed E-state index contributed by atoms with van der Waals surface area (Å²) in [4.78, 5) is 39.2. The van der Waals surface area contributed by atoms with Crippen LogP contribution in [-0.4, -0.2) is 26.6 Å². The first-order valence-electron chi connectivity index (χ1n) is 9.96. The van der Waals surface area contributed by atoms with E-state index < -0.39 is 17.8 Å². The van der Waals surface area contributed by atoms with Crippen molar-refractivity contribution in [3.8, 4) is 5.69 Å². The monoisotopic (exact) mass is 420 g/mol. The van der Waals surface area contributed by atoms with Crippen LogP contribution in [0.4, 0.5) is 9.18 Å². The van der Waals surface area contributed by atoms with E-state index in [-0.39, 0.29) is 17.8 Å². The molecule has 8 heteroatoms. The number of H-pyrrole nitrogens is 1. The quantitative estimate of drug-likeness (QED) is 0.474. The zero-order chi connectivity index (χ0) is 22.0. The predicted molar refractivity (Wildman–Crippen MR) is 114 cm³/mol. The van der Waals surface area contributed by atoms with Crippen molar-refractivity contribution in [1.82, 2.24) is 20.0 Å². The van der Waals surface area contributed by atoms with Gasteiger partial charge >= 0.3 is 6.03 Å². The number of halogens is 1. The maximum absolute atomic E-state index is 13.4. The van der Waals surface area contributed by atoms with Gasteiger partial charge < -0.3 is 5.32 Å². The second kappa shape index (κ2) is 8.43. The summed E-state index contributed by atoms with van der Waals surface area (Å²) in [5.74, 6) is -1.01. The SMILES string of the molecule is CCCc1[nH]n(-c2ccccc2)c(=O)c1/C=C1\NC(=O)N(Cc2cccc(F)c2)C1=O. The molecule has 7 nitrogen and oxygen atoms in total. The number of carbonyl (C=O) groups excluding carboxylic acids is 2. The first kappa shape index (κ1) is 20.3. The highest BCUT2D eigenvalue weighted by molar-refractivity contribution is 6.13. The van der Waals surface area contributed by atoms with Crippen LogP contribution in [0.25, 0.3) is 11.8 Å². The van der Waals surface area contributed by atoms with E-state index in [4.69, 9.17) is 0 Å². The Bertz CT molecular complexity index is 1230. The third-order valence-corrected chi connectivity index (χ3v) is 5.00. The van der Waals surface area contributed by atoms with Crippen LogP contribution in [0, 0.1) is 5.82 Å². The largest absolute Gasteiger partial charge is 0.329 e. The number of carbonyl (C=O) groups is 2. The van der Waals surface area contributed by atoms with Crippen molar-refractivity contribution in [2.24, 2.45) is 0 Å². The zero-order valence-electron chi connectivity index (χ0n) is 16.9. The van der Waals surface area contributed by atoms with Crippen LogP contribution in [0.1, 0.15) is 30.2 Å². The Morgan fingerprint density at radius 2 is 1.81 bits per heavy atom. The van der Waals surface area contributed by atoms with Gasteiger partial charge in [-0.1, -0.05) is 43.7 Å². The van der Waals surface area contributed by atoms with Gasteiger partial charge in [0, 0.05) is 5.69 Å². The Hall–Kier alpha value is -3.94. The van der Waals surface area contributed by atoms with Crippen molar-refractivity contribution in [1.29, 1.82) is 0 Å². The molecule has 3 aromatic rings. The number of urea groups is 1. The van der Waals surface area contributed by atoms with Crippen LogP contribution in [0.5, 0.6) is 0 Å². The van der Waals surface area contributed by atoms with E-state index in [1.807, 2.05) is 25.1 Å². The molecule has 2 aromatic carbocycles. The van der Waals surface area contributed by atoms with Gasteiger partial charge in [-0.15, -0.1) is 0 Å². The molecule has 0 atom stereocenters. The van der Waals surface area contributed by atoms with Gasteiger partial charge in [-0.05, 0) is 42.3 Å². The van der Waals surface area contributed by atoms with E-state index in [2.05, 4.69) is 10.4 Å². The Morgan fingerprint density at radius 3 is 2.52 bits per heavy atom. The molecular formula is C23H21FN4O3. The van der Waals surface area contributed by atoms with E-state index in [1.165, 1.54) is 29.0 Å². The van der Waals surface area contributed by atoms with E-state index in [0.717, 1.165) is 11.3 Å². The minimum absolute atomic E-state index is 0.00932. The number of aromatic amines is 1. The topological polar surface area (TPSA) is 87.2 Å². The van der Waals surface area contributed by atoms with Gasteiger partial charge in [0.05, 0.1) is 17.8 Å². The van der Waals surface area contributed by atoms with Crippen molar-refractivity contribution in [2.45, 2.75) is 26.3 Å². The second-order valence-corrected chi connectivity index (χ2v) is 7.24. The number of hydrogen-bond donors (Lipinski definition) is 2. The summed E-state index contributed by atoms with van der Waals surface area (Å²) in [6.45, 7) is 1.92. The number of para-hydroxylation sites is 1. The summed E-state index contributed by atoms with van der Waals surface area (Å²) < 4.78 is 14.9. The fourth-order valence-electron chi connectivity index (χ4n) is 3.52. The van der Waals surface area contributed by atoms with Gasteiger partial charge in [0.1, 0.15) is 11.5 Å². The first-order chi connectivity index (χ1) is 15.0. The molecule has 4 rings (SSSR count). The summed E-state index contributed by atoms with van der Waals surface area (Å²) in [6, 6.07) is 14.2. The number of hydrogen-bond acceptors (Lipinski definition) is 3. The molecule has 31 heavy (non-hydrogen) atoms. The van der Waals surface area contributed by atoms with Gasteiger partial charge in [-0.2, -0.15) is 0 Å². The lowest BCUT2D eigenvalue weighted by atomic mass is 10.1. The van der Waals surface area contributed by atoms with E-state index in [1.54, 1.807) is 18.2 Å². The second-order valence-electron chi connectivity index (χ2n) is 7.24. The molecule has 158 valence electrons. The average molecular weight is 420 g/mol. The molecule has 1 saturated heterocycles. The summed E-state index contributed by atoms with van der Waals surface area (Å²) in [5, 5.41) is 5.63. The van der Waals surface area contributed by atoms with Crippen LogP contribution < -0.4 is 10.9 Å². The van der Waals surface area contributed by atoms with E-state index in [9.17, 15) is 18.8 Å². The maximum atomic E-state index is 13.4. The van der Waals surface area contributed by atoms with Gasteiger partial charge in [0.2, 0.25) is 0 Å². The molecule has 0 aliphatic carbocycles. The molecule has 0 spiro atoms. The standard InChI is InChI=1S/C23H21FN4O3/c1-2-7-19-18(21(29)28(26-19)17-10-4-3-5-11-17)13-20-22(30)27(23(31)25-20)14-15-8-6-9-16(24)12-15/h3-6,8-13,26H,2,7,14H2,1H3,(H,25,31)/b20-13-. The number of nitrogens with one attached hydrogen (secondary N) is 2. The summed E-state index contributed by atoms with van der Waals surface area (Å²) in [5.41, 5.74) is 1.85. The molecule has 2 heterocycles. The number of aromatic nitrogens is 2. The van der Waals surface area contributed by atoms with E-state index >= 15 is 0 Å². The predicted octanol–water partition coefficient (Wildman–Crippen LogP) is 3.35. The van der Waals surface area contributed by atoms with Crippen LogP contribution in [0.15, 0.2) is 65.1 Å². The fraction of sp³-hybridized carbons (Fsp3) is 0.174. The Morgan fingerprint density at radius 1 is 1.03 bits per heavy atom. The molecule has 1 aliphatic rings. The van der Waals surface area contributed by atoms with Gasteiger partial charge in [0.25, 0.3) is 11.5 Å².